The van der Waals surface area contributed by atoms with E-state index in [2.05, 4.69) is 16.5 Å². The fourth-order valence-electron chi connectivity index (χ4n) is 4.27. The van der Waals surface area contributed by atoms with Crippen LogP contribution >= 0.6 is 11.6 Å². The zero-order valence-electron chi connectivity index (χ0n) is 19.1. The van der Waals surface area contributed by atoms with Crippen molar-refractivity contribution in [3.63, 3.8) is 0 Å². The first-order chi connectivity index (χ1) is 14.7. The van der Waals surface area contributed by atoms with Crippen LogP contribution in [0.2, 0.25) is 5.02 Å². The molecule has 172 valence electrons. The van der Waals surface area contributed by atoms with Crippen LogP contribution in [0.25, 0.3) is 0 Å². The summed E-state index contributed by atoms with van der Waals surface area (Å²) in [6.07, 6.45) is 7.28. The number of hydrogen-bond acceptors (Lipinski definition) is 5. The van der Waals surface area contributed by atoms with Crippen molar-refractivity contribution in [1.29, 1.82) is 0 Å². The Bertz CT molecular complexity index is 782. The lowest BCUT2D eigenvalue weighted by Crippen LogP contribution is -2.36. The Morgan fingerprint density at radius 1 is 1.29 bits per heavy atom. The van der Waals surface area contributed by atoms with Crippen LogP contribution in [-0.2, 0) is 16.0 Å². The summed E-state index contributed by atoms with van der Waals surface area (Å²) in [5.74, 6) is 1.28. The van der Waals surface area contributed by atoms with Crippen LogP contribution in [0, 0.1) is 11.3 Å². The van der Waals surface area contributed by atoms with Crippen LogP contribution < -0.4 is 10.1 Å². The monoisotopic (exact) mass is 450 g/mol. The molecular weight excluding hydrogens is 416 g/mol. The fraction of sp³-hybridized carbons (Fsp3) is 0.667. The second-order valence-corrected chi connectivity index (χ2v) is 10.1. The summed E-state index contributed by atoms with van der Waals surface area (Å²) < 4.78 is 16.2. The van der Waals surface area contributed by atoms with Gasteiger partial charge in [0.25, 0.3) is 0 Å². The summed E-state index contributed by atoms with van der Waals surface area (Å²) in [4.78, 5) is 16.7. The van der Waals surface area contributed by atoms with Gasteiger partial charge in [-0.25, -0.2) is 4.79 Å². The van der Waals surface area contributed by atoms with E-state index in [0.717, 1.165) is 43.4 Å². The lowest BCUT2D eigenvalue weighted by atomic mass is 9.80. The van der Waals surface area contributed by atoms with Gasteiger partial charge in [-0.15, -0.1) is 0 Å². The highest BCUT2D eigenvalue weighted by molar-refractivity contribution is 6.30. The number of amides is 1. The highest BCUT2D eigenvalue weighted by atomic mass is 35.5. The predicted octanol–water partition coefficient (Wildman–Crippen LogP) is 5.41. The number of benzene rings is 1. The molecule has 0 radical (unpaired) electrons. The molecule has 1 N–H and O–H groups in total. The minimum atomic E-state index is -0.460. The summed E-state index contributed by atoms with van der Waals surface area (Å²) in [6.45, 7) is 7.25. The number of alkyl carbamates (subject to hydrolysis) is 1. The van der Waals surface area contributed by atoms with Gasteiger partial charge in [0, 0.05) is 30.0 Å². The molecule has 2 aliphatic rings. The third-order valence-electron chi connectivity index (χ3n) is 6.05. The average molecular weight is 451 g/mol. The summed E-state index contributed by atoms with van der Waals surface area (Å²) in [5.41, 5.74) is 0.782. The maximum atomic E-state index is 12.0. The molecule has 0 saturated heterocycles. The molecule has 0 aromatic heterocycles. The van der Waals surface area contributed by atoms with Crippen molar-refractivity contribution in [2.24, 2.45) is 16.3 Å². The van der Waals surface area contributed by atoms with Crippen molar-refractivity contribution in [3.05, 3.63) is 28.8 Å². The number of halogens is 1. The molecular formula is C24H35ClN2O4. The van der Waals surface area contributed by atoms with Gasteiger partial charge in [0.15, 0.2) is 0 Å². The average Bonchev–Trinajstić information content (AvgIpc) is 3.34. The lowest BCUT2D eigenvalue weighted by Gasteiger charge is -2.28. The van der Waals surface area contributed by atoms with Crippen LogP contribution in [-0.4, -0.2) is 44.3 Å². The minimum Gasteiger partial charge on any atom is -0.491 e. The van der Waals surface area contributed by atoms with E-state index in [1.807, 2.05) is 39.0 Å². The topological polar surface area (TPSA) is 69.2 Å². The van der Waals surface area contributed by atoms with Gasteiger partial charge in [0.05, 0.1) is 13.2 Å². The van der Waals surface area contributed by atoms with Gasteiger partial charge in [-0.1, -0.05) is 11.6 Å². The van der Waals surface area contributed by atoms with Gasteiger partial charge in [-0.3, -0.25) is 4.99 Å². The summed E-state index contributed by atoms with van der Waals surface area (Å²) in [6, 6.07) is 5.87. The third kappa shape index (κ3) is 7.11. The van der Waals surface area contributed by atoms with Gasteiger partial charge >= 0.3 is 6.09 Å². The second kappa shape index (κ2) is 10.2. The number of carbonyl (C=O) groups is 1. The summed E-state index contributed by atoms with van der Waals surface area (Å²) >= 11 is 6.16. The number of carbonyl (C=O) groups excluding carboxylic acids is 1. The Morgan fingerprint density at radius 2 is 2.03 bits per heavy atom. The van der Waals surface area contributed by atoms with Crippen LogP contribution in [0.1, 0.15) is 58.4 Å². The number of aliphatic imine (C=N–C) groups is 1. The molecule has 7 heteroatoms. The van der Waals surface area contributed by atoms with Crippen molar-refractivity contribution >= 4 is 23.9 Å². The Hall–Kier alpha value is -1.79. The third-order valence-corrected chi connectivity index (χ3v) is 6.29. The number of nitrogens with one attached hydrogen (secondary N) is 1. The van der Waals surface area contributed by atoms with E-state index in [-0.39, 0.29) is 17.6 Å². The molecule has 0 bridgehead atoms. The Balaban J connectivity index is 1.45. The molecule has 1 aromatic rings. The molecule has 6 nitrogen and oxygen atoms in total. The second-order valence-electron chi connectivity index (χ2n) is 9.69. The van der Waals surface area contributed by atoms with E-state index in [4.69, 9.17) is 25.8 Å². The van der Waals surface area contributed by atoms with E-state index in [0.29, 0.717) is 30.7 Å². The highest BCUT2D eigenvalue weighted by Crippen LogP contribution is 2.57. The Labute approximate surface area is 190 Å². The van der Waals surface area contributed by atoms with Crippen LogP contribution in [0.15, 0.2) is 23.2 Å². The molecule has 31 heavy (non-hydrogen) atoms. The van der Waals surface area contributed by atoms with Gasteiger partial charge in [0.1, 0.15) is 18.0 Å². The molecule has 3 rings (SSSR count). The number of methoxy groups -OCH3 is 1. The van der Waals surface area contributed by atoms with Crippen molar-refractivity contribution in [2.75, 3.05) is 20.3 Å². The fourth-order valence-corrected chi connectivity index (χ4v) is 4.46. The maximum Gasteiger partial charge on any atom is 0.407 e. The molecule has 1 atom stereocenters. The first kappa shape index (κ1) is 23.9. The molecule has 2 aliphatic carbocycles. The quantitative estimate of drug-likeness (QED) is 0.424. The molecule has 1 spiro atoms. The van der Waals surface area contributed by atoms with Gasteiger partial charge in [0.2, 0.25) is 0 Å². The Kier molecular flexibility index (Phi) is 7.87. The van der Waals surface area contributed by atoms with Gasteiger partial charge in [-0.05, 0) is 82.4 Å². The van der Waals surface area contributed by atoms with Crippen molar-refractivity contribution in [3.8, 4) is 5.75 Å². The Morgan fingerprint density at radius 3 is 2.71 bits per heavy atom. The van der Waals surface area contributed by atoms with Gasteiger partial charge < -0.3 is 19.5 Å². The lowest BCUT2D eigenvalue weighted by molar-refractivity contribution is 0.0512. The molecule has 0 aliphatic heterocycles. The normalized spacial score (nSPS) is 25.6. The van der Waals surface area contributed by atoms with E-state index < -0.39 is 5.60 Å². The zero-order chi connectivity index (χ0) is 22.5. The number of rotatable bonds is 8. The summed E-state index contributed by atoms with van der Waals surface area (Å²) in [7, 11) is 1.65. The largest absolute Gasteiger partial charge is 0.491 e. The number of ether oxygens (including phenoxy) is 3. The molecule has 0 unspecified atom stereocenters. The smallest absolute Gasteiger partial charge is 0.407 e. The predicted molar refractivity (Wildman–Crippen MR) is 123 cm³/mol. The van der Waals surface area contributed by atoms with Crippen molar-refractivity contribution < 1.29 is 19.0 Å². The van der Waals surface area contributed by atoms with Crippen molar-refractivity contribution in [2.45, 2.75) is 71.1 Å². The molecule has 1 amide bonds. The number of nitrogens with zero attached hydrogens (tertiary/aromatic N) is 1. The molecule has 2 saturated carbocycles. The van der Waals surface area contributed by atoms with Crippen LogP contribution in [0.3, 0.4) is 0 Å². The van der Waals surface area contributed by atoms with E-state index in [9.17, 15) is 4.79 Å². The molecule has 2 fully saturated rings. The van der Waals surface area contributed by atoms with E-state index in [1.54, 1.807) is 7.11 Å². The zero-order valence-corrected chi connectivity index (χ0v) is 19.8. The van der Waals surface area contributed by atoms with Crippen molar-refractivity contribution in [1.82, 2.24) is 5.32 Å². The first-order valence-electron chi connectivity index (χ1n) is 11.1. The van der Waals surface area contributed by atoms with Gasteiger partial charge in [-0.2, -0.15) is 0 Å². The maximum absolute atomic E-state index is 12.0. The molecule has 0 heterocycles. The SMILES string of the molecule is COCCOc1ccc(Cl)cc1CN=CC1CCC2(CC1)C[C@@H]2NC(=O)OC(C)(C)C. The van der Waals surface area contributed by atoms with E-state index in [1.165, 1.54) is 0 Å². The van der Waals surface area contributed by atoms with Crippen LogP contribution in [0.5, 0.6) is 5.75 Å². The highest BCUT2D eigenvalue weighted by Gasteiger charge is 2.55. The summed E-state index contributed by atoms with van der Waals surface area (Å²) in [5, 5.41) is 3.73. The van der Waals surface area contributed by atoms with Crippen LogP contribution in [0.4, 0.5) is 4.79 Å². The standard InChI is InChI=1S/C24H35ClN2O4/c1-23(2,3)31-22(28)27-21-14-24(21)9-7-17(8-10-24)15-26-16-18-13-19(25)5-6-20(18)30-12-11-29-4/h5-6,13,15,17,21H,7-12,14,16H2,1-4H3,(H,27,28)/t17?,21-,24?/m0/s1. The molecule has 1 aromatic carbocycles. The minimum absolute atomic E-state index is 0.249. The van der Waals surface area contributed by atoms with E-state index >= 15 is 0 Å². The first-order valence-corrected chi connectivity index (χ1v) is 11.5. The number of hydrogen-bond donors (Lipinski definition) is 1.